The van der Waals surface area contributed by atoms with Gasteiger partial charge in [-0.25, -0.2) is 0 Å². The summed E-state index contributed by atoms with van der Waals surface area (Å²) in [6, 6.07) is 60.6. The molecule has 8 rings (SSSR count). The maximum Gasteiger partial charge on any atom is 0.186 e. The van der Waals surface area contributed by atoms with Gasteiger partial charge in [-0.2, -0.15) is 0 Å². The third-order valence-corrected chi connectivity index (χ3v) is 12.0. The number of hydrogen-bond acceptors (Lipinski definition) is 11. The van der Waals surface area contributed by atoms with E-state index >= 15 is 0 Å². The van der Waals surface area contributed by atoms with E-state index in [-0.39, 0.29) is 0 Å². The van der Waals surface area contributed by atoms with Crippen LogP contribution in [0.1, 0.15) is 33.4 Å². The minimum Gasteiger partial charge on any atom is -0.368 e. The molecule has 1 N–H and O–H groups in total. The van der Waals surface area contributed by atoms with Gasteiger partial charge in [0.1, 0.15) is 48.8 Å². The van der Waals surface area contributed by atoms with Gasteiger partial charge in [0.2, 0.25) is 0 Å². The maximum absolute atomic E-state index is 6.87. The molecule has 0 amide bonds. The van der Waals surface area contributed by atoms with E-state index in [2.05, 4.69) is 5.32 Å². The molecule has 6 aromatic rings. The Balaban J connectivity index is 1.06. The van der Waals surface area contributed by atoms with Crippen LogP contribution in [0, 0.1) is 0 Å². The Morgan fingerprint density at radius 3 is 0.776 bits per heavy atom. The summed E-state index contributed by atoms with van der Waals surface area (Å²) >= 11 is 0. The first-order valence-electron chi connectivity index (χ1n) is 23.2. The number of ether oxygens (including phenoxy) is 10. The molecule has 0 radical (unpaired) electrons. The zero-order chi connectivity index (χ0) is 45.9. The molecular weight excluding hydrogens is 847 g/mol. The van der Waals surface area contributed by atoms with Crippen molar-refractivity contribution in [2.75, 3.05) is 27.3 Å². The van der Waals surface area contributed by atoms with Crippen LogP contribution in [0.4, 0.5) is 0 Å². The summed E-state index contributed by atoms with van der Waals surface area (Å²) in [5, 5.41) is 3.69. The smallest absolute Gasteiger partial charge is 0.186 e. The number of methoxy groups -OCH3 is 2. The largest absolute Gasteiger partial charge is 0.368 e. The summed E-state index contributed by atoms with van der Waals surface area (Å²) in [6.07, 6.45) is -6.18. The average molecular weight is 910 g/mol. The molecule has 67 heavy (non-hydrogen) atoms. The Morgan fingerprint density at radius 2 is 0.537 bits per heavy atom. The van der Waals surface area contributed by atoms with E-state index in [9.17, 15) is 0 Å². The van der Waals surface area contributed by atoms with Crippen molar-refractivity contribution < 1.29 is 47.4 Å². The lowest BCUT2D eigenvalue weighted by atomic mass is 9.96. The Morgan fingerprint density at radius 1 is 0.313 bits per heavy atom. The first-order chi connectivity index (χ1) is 33.1. The molecule has 11 heteroatoms. The van der Waals surface area contributed by atoms with E-state index in [0.29, 0.717) is 52.7 Å². The van der Waals surface area contributed by atoms with Crippen LogP contribution < -0.4 is 5.32 Å². The molecular formula is C56H63NO10. The van der Waals surface area contributed by atoms with Crippen molar-refractivity contribution in [3.05, 3.63) is 215 Å². The van der Waals surface area contributed by atoms with Gasteiger partial charge in [-0.3, -0.25) is 0 Å². The molecule has 11 nitrogen and oxygen atoms in total. The molecule has 0 spiro atoms. The minimum atomic E-state index is -0.767. The first kappa shape index (κ1) is 48.3. The Kier molecular flexibility index (Phi) is 18.7. The highest BCUT2D eigenvalue weighted by molar-refractivity contribution is 5.18. The van der Waals surface area contributed by atoms with Crippen LogP contribution in [0.5, 0.6) is 0 Å². The predicted octanol–water partition coefficient (Wildman–Crippen LogP) is 8.83. The van der Waals surface area contributed by atoms with Crippen LogP contribution in [0.2, 0.25) is 0 Å². The summed E-state index contributed by atoms with van der Waals surface area (Å²) in [5.74, 6) is 0. The summed E-state index contributed by atoms with van der Waals surface area (Å²) < 4.78 is 66.6. The van der Waals surface area contributed by atoms with Crippen LogP contribution in [0.3, 0.4) is 0 Å². The number of nitrogens with one attached hydrogen (secondary N) is 1. The molecule has 2 aliphatic rings. The predicted molar refractivity (Wildman–Crippen MR) is 254 cm³/mol. The molecule has 2 saturated heterocycles. The van der Waals surface area contributed by atoms with Crippen LogP contribution in [0.15, 0.2) is 182 Å². The van der Waals surface area contributed by atoms with E-state index in [0.717, 1.165) is 33.4 Å². The highest BCUT2D eigenvalue weighted by Crippen LogP contribution is 2.33. The minimum absolute atomic E-state index is 0.334. The van der Waals surface area contributed by atoms with Gasteiger partial charge in [-0.15, -0.1) is 0 Å². The molecule has 2 aliphatic heterocycles. The van der Waals surface area contributed by atoms with Gasteiger partial charge in [-0.1, -0.05) is 182 Å². The second-order valence-corrected chi connectivity index (χ2v) is 16.8. The molecule has 352 valence electrons. The zero-order valence-corrected chi connectivity index (χ0v) is 38.3. The standard InChI is InChI=1S/C56H63NO10/c1-58-55-53(64-39-45-29-17-7-18-30-45)51(62-37-43-25-13-5-14-26-43)49(60-35-41-21-9-3-10-22-41)47(66-55)33-57-34-48-50(61-36-42-23-11-4-12-24-42)52(63-38-44-27-15-6-16-28-44)54(56(59-2)67-48)65-40-46-31-19-8-20-32-46/h3-32,47-57H,33-40H2,1-2H3/t47-,48-,49-,50-,51+,52+,53-,54-,55+,56+/m1/s1. The Bertz CT molecular complexity index is 2090. The van der Waals surface area contributed by atoms with Gasteiger partial charge in [0.05, 0.1) is 39.6 Å². The third kappa shape index (κ3) is 14.0. The van der Waals surface area contributed by atoms with Crippen molar-refractivity contribution in [2.24, 2.45) is 0 Å². The monoisotopic (exact) mass is 909 g/mol. The molecule has 2 fully saturated rings. The van der Waals surface area contributed by atoms with Crippen LogP contribution in [0.25, 0.3) is 0 Å². The van der Waals surface area contributed by atoms with Gasteiger partial charge in [0.15, 0.2) is 12.6 Å². The molecule has 0 aromatic heterocycles. The van der Waals surface area contributed by atoms with Crippen molar-refractivity contribution in [2.45, 2.75) is 101 Å². The first-order valence-corrected chi connectivity index (χ1v) is 23.2. The number of hydrogen-bond donors (Lipinski definition) is 1. The summed E-state index contributed by atoms with van der Waals surface area (Å²) in [7, 11) is 3.27. The fraction of sp³-hybridized carbons (Fsp3) is 0.357. The fourth-order valence-electron chi connectivity index (χ4n) is 8.57. The van der Waals surface area contributed by atoms with Gasteiger partial charge >= 0.3 is 0 Å². The molecule has 0 unspecified atom stereocenters. The van der Waals surface area contributed by atoms with Crippen molar-refractivity contribution in [1.29, 1.82) is 0 Å². The van der Waals surface area contributed by atoms with Gasteiger partial charge in [0, 0.05) is 27.3 Å². The van der Waals surface area contributed by atoms with Gasteiger partial charge in [0.25, 0.3) is 0 Å². The lowest BCUT2D eigenvalue weighted by Gasteiger charge is -2.47. The van der Waals surface area contributed by atoms with Crippen LogP contribution in [-0.4, -0.2) is 88.7 Å². The molecule has 6 aromatic carbocycles. The summed E-state index contributed by atoms with van der Waals surface area (Å²) in [6.45, 7) is 2.72. The molecule has 2 heterocycles. The fourth-order valence-corrected chi connectivity index (χ4v) is 8.57. The second-order valence-electron chi connectivity index (χ2n) is 16.8. The normalized spacial score (nSPS) is 25.2. The van der Waals surface area contributed by atoms with E-state index in [1.54, 1.807) is 14.2 Å². The molecule has 0 saturated carbocycles. The number of rotatable bonds is 24. The molecule has 10 atom stereocenters. The second kappa shape index (κ2) is 25.9. The lowest BCUT2D eigenvalue weighted by molar-refractivity contribution is -0.320. The summed E-state index contributed by atoms with van der Waals surface area (Å²) in [5.41, 5.74) is 6.15. The quantitative estimate of drug-likeness (QED) is 0.0631. The Hall–Kier alpha value is -5.12. The zero-order valence-electron chi connectivity index (χ0n) is 38.3. The van der Waals surface area contributed by atoms with Gasteiger partial charge in [-0.05, 0) is 33.4 Å². The Labute approximate surface area is 395 Å². The van der Waals surface area contributed by atoms with Crippen molar-refractivity contribution in [1.82, 2.24) is 5.32 Å². The SMILES string of the molecule is CO[C@H]1O[C@H](CNC[C@H]2O[C@H](OC)[C@H](OCc3ccccc3)[C@@H](OCc3ccccc3)[C@@H]2OCc2ccccc2)[C@@H](OCc2ccccc2)[C@H](OCc2ccccc2)[C@H]1OCc1ccccc1. The van der Waals surface area contributed by atoms with Crippen molar-refractivity contribution in [3.63, 3.8) is 0 Å². The average Bonchev–Trinajstić information content (AvgIpc) is 3.39. The molecule has 0 bridgehead atoms. The highest BCUT2D eigenvalue weighted by Gasteiger charge is 2.51. The van der Waals surface area contributed by atoms with Crippen molar-refractivity contribution >= 4 is 0 Å². The summed E-state index contributed by atoms with van der Waals surface area (Å²) in [4.78, 5) is 0. The third-order valence-electron chi connectivity index (χ3n) is 12.0. The topological polar surface area (TPSA) is 104 Å². The van der Waals surface area contributed by atoms with E-state index in [1.165, 1.54) is 0 Å². The van der Waals surface area contributed by atoms with Crippen molar-refractivity contribution in [3.8, 4) is 0 Å². The lowest BCUT2D eigenvalue weighted by Crippen LogP contribution is -2.64. The van der Waals surface area contributed by atoms with Crippen LogP contribution >= 0.6 is 0 Å². The van der Waals surface area contributed by atoms with E-state index < -0.39 is 61.4 Å². The van der Waals surface area contributed by atoms with Crippen LogP contribution in [-0.2, 0) is 87.0 Å². The number of benzene rings is 6. The van der Waals surface area contributed by atoms with E-state index in [4.69, 9.17) is 47.4 Å². The molecule has 0 aliphatic carbocycles. The maximum atomic E-state index is 6.87. The van der Waals surface area contributed by atoms with Gasteiger partial charge < -0.3 is 52.7 Å². The highest BCUT2D eigenvalue weighted by atomic mass is 16.7. The van der Waals surface area contributed by atoms with E-state index in [1.807, 2.05) is 182 Å².